The Hall–Kier alpha value is -2.11. The molecule has 0 bridgehead atoms. The molecule has 4 nitrogen and oxygen atoms in total. The Morgan fingerprint density at radius 2 is 1.92 bits per heavy atom. The number of nitrogens with one attached hydrogen (secondary N) is 1. The van der Waals surface area contributed by atoms with Gasteiger partial charge in [-0.25, -0.2) is 0 Å². The number of nitrogens with zero attached hydrogens (tertiary/aromatic N) is 2. The van der Waals surface area contributed by atoms with E-state index in [1.54, 1.807) is 0 Å². The van der Waals surface area contributed by atoms with E-state index in [-0.39, 0.29) is 5.91 Å². The minimum atomic E-state index is 0.115. The molecule has 1 aromatic carbocycles. The lowest BCUT2D eigenvalue weighted by Gasteiger charge is -2.34. The van der Waals surface area contributed by atoms with E-state index in [0.29, 0.717) is 5.69 Å². The molecule has 0 atom stereocenters. The van der Waals surface area contributed by atoms with Crippen molar-refractivity contribution in [3.05, 3.63) is 58.4 Å². The van der Waals surface area contributed by atoms with E-state index in [0.717, 1.165) is 50.0 Å². The number of thiophene rings is 1. The van der Waals surface area contributed by atoms with Crippen molar-refractivity contribution in [3.8, 4) is 0 Å². The second-order valence-corrected chi connectivity index (χ2v) is 7.27. The average Bonchev–Trinajstić information content (AvgIpc) is 3.29. The van der Waals surface area contributed by atoms with Crippen molar-refractivity contribution in [2.45, 2.75) is 6.42 Å². The minimum Gasteiger partial charge on any atom is -0.351 e. The van der Waals surface area contributed by atoms with Gasteiger partial charge in [0.15, 0.2) is 0 Å². The summed E-state index contributed by atoms with van der Waals surface area (Å²) >= 11 is 1.82. The molecule has 1 N–H and O–H groups in total. The Balaban J connectivity index is 1.34. The highest BCUT2D eigenvalue weighted by atomic mass is 32.1. The number of piperazine rings is 1. The predicted octanol–water partition coefficient (Wildman–Crippen LogP) is 3.23. The highest BCUT2D eigenvalue weighted by Crippen LogP contribution is 2.17. The molecule has 0 aliphatic carbocycles. The zero-order valence-electron chi connectivity index (χ0n) is 13.6. The van der Waals surface area contributed by atoms with Gasteiger partial charge in [-0.15, -0.1) is 11.3 Å². The molecule has 5 heteroatoms. The maximum atomic E-state index is 12.7. The van der Waals surface area contributed by atoms with Gasteiger partial charge in [-0.05, 0) is 30.0 Å². The van der Waals surface area contributed by atoms with Crippen molar-refractivity contribution in [2.24, 2.45) is 0 Å². The molecule has 1 saturated heterocycles. The monoisotopic (exact) mass is 339 g/mol. The lowest BCUT2D eigenvalue weighted by Crippen LogP contribution is -2.49. The maximum absolute atomic E-state index is 12.7. The van der Waals surface area contributed by atoms with Crippen LogP contribution in [0.5, 0.6) is 0 Å². The number of hydrogen-bond acceptors (Lipinski definition) is 3. The summed E-state index contributed by atoms with van der Waals surface area (Å²) in [7, 11) is 0. The molecule has 1 aliphatic rings. The number of H-pyrrole nitrogens is 1. The number of rotatable bonds is 4. The summed E-state index contributed by atoms with van der Waals surface area (Å²) < 4.78 is 0. The quantitative estimate of drug-likeness (QED) is 0.793. The van der Waals surface area contributed by atoms with Crippen LogP contribution in [-0.2, 0) is 6.42 Å². The van der Waals surface area contributed by atoms with Gasteiger partial charge in [0, 0.05) is 48.5 Å². The molecule has 0 radical (unpaired) electrons. The second kappa shape index (κ2) is 6.79. The standard InChI is InChI=1S/C19H21N3OS/c23-19(18-14-15-4-1-2-6-17(15)20-18)22-11-9-21(10-12-22)8-7-16-5-3-13-24-16/h1-6,13-14,20H,7-12H2. The van der Waals surface area contributed by atoms with Gasteiger partial charge in [0.1, 0.15) is 5.69 Å². The van der Waals surface area contributed by atoms with Crippen molar-refractivity contribution >= 4 is 28.1 Å². The van der Waals surface area contributed by atoms with Crippen molar-refractivity contribution in [1.29, 1.82) is 0 Å². The Labute approximate surface area is 145 Å². The molecule has 3 aromatic rings. The van der Waals surface area contributed by atoms with Crippen LogP contribution in [0.2, 0.25) is 0 Å². The van der Waals surface area contributed by atoms with E-state index in [4.69, 9.17) is 0 Å². The number of aromatic nitrogens is 1. The highest BCUT2D eigenvalue weighted by molar-refractivity contribution is 7.09. The van der Waals surface area contributed by atoms with Gasteiger partial charge in [0.2, 0.25) is 0 Å². The van der Waals surface area contributed by atoms with E-state index in [2.05, 4.69) is 27.4 Å². The minimum absolute atomic E-state index is 0.115. The fourth-order valence-electron chi connectivity index (χ4n) is 3.26. The summed E-state index contributed by atoms with van der Waals surface area (Å²) in [5.41, 5.74) is 1.72. The zero-order valence-corrected chi connectivity index (χ0v) is 14.4. The number of fused-ring (bicyclic) bond motifs is 1. The average molecular weight is 339 g/mol. The summed E-state index contributed by atoms with van der Waals surface area (Å²) in [6.45, 7) is 4.60. The summed E-state index contributed by atoms with van der Waals surface area (Å²) in [5, 5.41) is 3.22. The predicted molar refractivity (Wildman–Crippen MR) is 98.7 cm³/mol. The molecule has 3 heterocycles. The number of benzene rings is 1. The number of para-hydroxylation sites is 1. The Bertz CT molecular complexity index is 783. The molecule has 2 aromatic heterocycles. The molecule has 1 amide bonds. The summed E-state index contributed by atoms with van der Waals surface area (Å²) in [6.07, 6.45) is 1.10. The third kappa shape index (κ3) is 3.23. The van der Waals surface area contributed by atoms with Gasteiger partial charge >= 0.3 is 0 Å². The van der Waals surface area contributed by atoms with Crippen LogP contribution < -0.4 is 0 Å². The van der Waals surface area contributed by atoms with Crippen LogP contribution in [0.25, 0.3) is 10.9 Å². The van der Waals surface area contributed by atoms with Gasteiger partial charge in [0.05, 0.1) is 0 Å². The van der Waals surface area contributed by atoms with Crippen LogP contribution >= 0.6 is 11.3 Å². The largest absolute Gasteiger partial charge is 0.351 e. The molecule has 0 unspecified atom stereocenters. The van der Waals surface area contributed by atoms with Crippen LogP contribution in [0.4, 0.5) is 0 Å². The first-order chi connectivity index (χ1) is 11.8. The first-order valence-corrected chi connectivity index (χ1v) is 9.29. The lowest BCUT2D eigenvalue weighted by molar-refractivity contribution is 0.0634. The molecule has 0 spiro atoms. The molecular weight excluding hydrogens is 318 g/mol. The number of aromatic amines is 1. The van der Waals surface area contributed by atoms with Crippen LogP contribution in [0, 0.1) is 0 Å². The van der Waals surface area contributed by atoms with Gasteiger partial charge in [-0.3, -0.25) is 9.69 Å². The van der Waals surface area contributed by atoms with Gasteiger partial charge in [0.25, 0.3) is 5.91 Å². The second-order valence-electron chi connectivity index (χ2n) is 6.23. The van der Waals surface area contributed by atoms with E-state index in [1.165, 1.54) is 4.88 Å². The molecule has 1 fully saturated rings. The van der Waals surface area contributed by atoms with Crippen molar-refractivity contribution in [1.82, 2.24) is 14.8 Å². The Morgan fingerprint density at radius 3 is 2.67 bits per heavy atom. The summed E-state index contributed by atoms with van der Waals surface area (Å²) in [6, 6.07) is 14.3. The number of carbonyl (C=O) groups excluding carboxylic acids is 1. The number of hydrogen-bond donors (Lipinski definition) is 1. The van der Waals surface area contributed by atoms with Crippen LogP contribution in [0.1, 0.15) is 15.4 Å². The number of carbonyl (C=O) groups is 1. The molecule has 1 aliphatic heterocycles. The fourth-order valence-corrected chi connectivity index (χ4v) is 3.95. The normalized spacial score (nSPS) is 15.9. The lowest BCUT2D eigenvalue weighted by atomic mass is 10.2. The molecular formula is C19H21N3OS. The Kier molecular flexibility index (Phi) is 4.36. The third-order valence-electron chi connectivity index (χ3n) is 4.67. The van der Waals surface area contributed by atoms with Crippen LogP contribution in [0.3, 0.4) is 0 Å². The first-order valence-electron chi connectivity index (χ1n) is 8.41. The molecule has 4 rings (SSSR count). The van der Waals surface area contributed by atoms with Crippen LogP contribution in [-0.4, -0.2) is 53.4 Å². The van der Waals surface area contributed by atoms with Crippen molar-refractivity contribution < 1.29 is 4.79 Å². The van der Waals surface area contributed by atoms with Gasteiger partial charge in [-0.2, -0.15) is 0 Å². The fraction of sp³-hybridized carbons (Fsp3) is 0.316. The van der Waals surface area contributed by atoms with E-state index in [9.17, 15) is 4.79 Å². The SMILES string of the molecule is O=C(c1cc2ccccc2[nH]1)N1CCN(CCc2cccs2)CC1. The summed E-state index contributed by atoms with van der Waals surface area (Å²) in [4.78, 5) is 21.8. The van der Waals surface area contributed by atoms with E-state index in [1.807, 2.05) is 46.6 Å². The summed E-state index contributed by atoms with van der Waals surface area (Å²) in [5.74, 6) is 0.115. The topological polar surface area (TPSA) is 39.3 Å². The molecule has 124 valence electrons. The van der Waals surface area contributed by atoms with E-state index >= 15 is 0 Å². The van der Waals surface area contributed by atoms with Gasteiger partial charge in [-0.1, -0.05) is 24.3 Å². The van der Waals surface area contributed by atoms with Crippen LogP contribution in [0.15, 0.2) is 47.8 Å². The van der Waals surface area contributed by atoms with Crippen molar-refractivity contribution in [3.63, 3.8) is 0 Å². The molecule has 0 saturated carbocycles. The molecule has 24 heavy (non-hydrogen) atoms. The number of amides is 1. The Morgan fingerprint density at radius 1 is 1.08 bits per heavy atom. The van der Waals surface area contributed by atoms with Crippen molar-refractivity contribution in [2.75, 3.05) is 32.7 Å². The third-order valence-corrected chi connectivity index (χ3v) is 5.61. The highest BCUT2D eigenvalue weighted by Gasteiger charge is 2.23. The first kappa shape index (κ1) is 15.4. The van der Waals surface area contributed by atoms with Gasteiger partial charge < -0.3 is 9.88 Å². The zero-order chi connectivity index (χ0) is 16.4. The van der Waals surface area contributed by atoms with E-state index < -0.39 is 0 Å². The smallest absolute Gasteiger partial charge is 0.270 e. The maximum Gasteiger partial charge on any atom is 0.270 e.